The van der Waals surface area contributed by atoms with E-state index in [0.717, 1.165) is 12.8 Å². The molecule has 1 aliphatic heterocycles. The molecular weight excluding hydrogens is 322 g/mol. The Hall–Kier alpha value is -2.57. The molecule has 3 rings (SSSR count). The molecule has 1 N–H and O–H groups in total. The molecule has 1 fully saturated rings. The minimum absolute atomic E-state index is 0.0718. The molecule has 134 valence electrons. The topological polar surface area (TPSA) is 86.6 Å². The van der Waals surface area contributed by atoms with Crippen LogP contribution >= 0.6 is 0 Å². The summed E-state index contributed by atoms with van der Waals surface area (Å²) in [6.07, 6.45) is 1.69. The number of piperazine rings is 1. The largest absolute Gasteiger partial charge is 0.417 e. The van der Waals surface area contributed by atoms with Crippen LogP contribution in [0.15, 0.2) is 27.4 Å². The van der Waals surface area contributed by atoms with Crippen molar-refractivity contribution in [2.45, 2.75) is 26.7 Å². The van der Waals surface area contributed by atoms with Gasteiger partial charge in [0, 0.05) is 37.7 Å². The first-order chi connectivity index (χ1) is 12.0. The van der Waals surface area contributed by atoms with E-state index in [1.807, 2.05) is 18.7 Å². The van der Waals surface area contributed by atoms with E-state index in [1.165, 1.54) is 0 Å². The summed E-state index contributed by atoms with van der Waals surface area (Å²) in [6.45, 7) is 6.22. The fourth-order valence-electron chi connectivity index (χ4n) is 3.29. The maximum absolute atomic E-state index is 12.7. The summed E-state index contributed by atoms with van der Waals surface area (Å²) in [5.41, 5.74) is 1.45. The van der Waals surface area contributed by atoms with Crippen LogP contribution < -0.4 is 5.76 Å². The minimum Gasteiger partial charge on any atom is -0.408 e. The highest BCUT2D eigenvalue weighted by molar-refractivity contribution is 5.97. The summed E-state index contributed by atoms with van der Waals surface area (Å²) >= 11 is 0. The van der Waals surface area contributed by atoms with Gasteiger partial charge in [-0.1, -0.05) is 13.8 Å². The van der Waals surface area contributed by atoms with Crippen molar-refractivity contribution in [3.8, 4) is 0 Å². The SMILES string of the molecule is CCC(CC)C(=O)N1CCN(C(=O)c2ccc3oc(=O)[nH]c3c2)CC1. The number of carbonyl (C=O) groups excluding carboxylic acids is 2. The molecule has 1 aliphatic rings. The van der Waals surface area contributed by atoms with Crippen LogP contribution in [0.25, 0.3) is 11.1 Å². The van der Waals surface area contributed by atoms with Crippen LogP contribution in [-0.2, 0) is 4.79 Å². The van der Waals surface area contributed by atoms with Crippen molar-refractivity contribution >= 4 is 22.9 Å². The Morgan fingerprint density at radius 3 is 2.40 bits per heavy atom. The van der Waals surface area contributed by atoms with E-state index in [2.05, 4.69) is 4.98 Å². The van der Waals surface area contributed by atoms with Gasteiger partial charge in [-0.25, -0.2) is 4.79 Å². The third-order valence-corrected chi connectivity index (χ3v) is 4.88. The van der Waals surface area contributed by atoms with Crippen molar-refractivity contribution < 1.29 is 14.0 Å². The van der Waals surface area contributed by atoms with E-state index < -0.39 is 5.76 Å². The molecule has 2 heterocycles. The van der Waals surface area contributed by atoms with Crippen LogP contribution in [0.3, 0.4) is 0 Å². The quantitative estimate of drug-likeness (QED) is 0.916. The average Bonchev–Trinajstić information content (AvgIpc) is 3.01. The fraction of sp³-hybridized carbons (Fsp3) is 0.500. The number of benzene rings is 1. The van der Waals surface area contributed by atoms with Gasteiger partial charge in [-0.15, -0.1) is 0 Å². The number of carbonyl (C=O) groups is 2. The molecule has 7 nitrogen and oxygen atoms in total. The molecule has 2 aromatic rings. The lowest BCUT2D eigenvalue weighted by Crippen LogP contribution is -2.51. The third kappa shape index (κ3) is 3.45. The number of H-pyrrole nitrogens is 1. The van der Waals surface area contributed by atoms with Gasteiger partial charge >= 0.3 is 5.76 Å². The first kappa shape index (κ1) is 17.3. The van der Waals surface area contributed by atoms with E-state index >= 15 is 0 Å². The van der Waals surface area contributed by atoms with E-state index in [9.17, 15) is 14.4 Å². The lowest BCUT2D eigenvalue weighted by Gasteiger charge is -2.36. The summed E-state index contributed by atoms with van der Waals surface area (Å²) in [5, 5.41) is 0. The number of hydrogen-bond acceptors (Lipinski definition) is 4. The third-order valence-electron chi connectivity index (χ3n) is 4.88. The first-order valence-electron chi connectivity index (χ1n) is 8.74. The van der Waals surface area contributed by atoms with Crippen molar-refractivity contribution in [3.05, 3.63) is 34.3 Å². The van der Waals surface area contributed by atoms with E-state index in [1.54, 1.807) is 23.1 Å². The molecule has 1 saturated heterocycles. The molecule has 25 heavy (non-hydrogen) atoms. The lowest BCUT2D eigenvalue weighted by molar-refractivity contribution is -0.137. The molecule has 0 aliphatic carbocycles. The minimum atomic E-state index is -0.534. The van der Waals surface area contributed by atoms with Gasteiger partial charge in [-0.05, 0) is 31.0 Å². The first-order valence-corrected chi connectivity index (χ1v) is 8.74. The molecule has 7 heteroatoms. The normalized spacial score (nSPS) is 15.2. The summed E-state index contributed by atoms with van der Waals surface area (Å²) in [5.74, 6) is -0.372. The number of nitrogens with zero attached hydrogens (tertiary/aromatic N) is 2. The predicted octanol–water partition coefficient (Wildman–Crippen LogP) is 1.84. The predicted molar refractivity (Wildman–Crippen MR) is 93.4 cm³/mol. The van der Waals surface area contributed by atoms with Crippen LogP contribution in [0.4, 0.5) is 0 Å². The maximum Gasteiger partial charge on any atom is 0.417 e. The van der Waals surface area contributed by atoms with Gasteiger partial charge in [-0.2, -0.15) is 0 Å². The summed E-state index contributed by atoms with van der Waals surface area (Å²) in [7, 11) is 0. The van der Waals surface area contributed by atoms with Crippen molar-refractivity contribution in [1.29, 1.82) is 0 Å². The average molecular weight is 345 g/mol. The Bertz CT molecular complexity index is 826. The zero-order chi connectivity index (χ0) is 18.0. The zero-order valence-electron chi connectivity index (χ0n) is 14.6. The number of rotatable bonds is 4. The highest BCUT2D eigenvalue weighted by atomic mass is 16.4. The van der Waals surface area contributed by atoms with Gasteiger partial charge in [0.2, 0.25) is 5.91 Å². The Morgan fingerprint density at radius 2 is 1.76 bits per heavy atom. The Kier molecular flexibility index (Phi) is 4.92. The van der Waals surface area contributed by atoms with Gasteiger partial charge < -0.3 is 14.2 Å². The van der Waals surface area contributed by atoms with Gasteiger partial charge in [-0.3, -0.25) is 14.6 Å². The van der Waals surface area contributed by atoms with Crippen LogP contribution in [0, 0.1) is 5.92 Å². The second-order valence-electron chi connectivity index (χ2n) is 6.36. The second kappa shape index (κ2) is 7.13. The Morgan fingerprint density at radius 1 is 1.12 bits per heavy atom. The number of nitrogens with one attached hydrogen (secondary N) is 1. The zero-order valence-corrected chi connectivity index (χ0v) is 14.6. The van der Waals surface area contributed by atoms with Crippen molar-refractivity contribution in [3.63, 3.8) is 0 Å². The molecule has 0 unspecified atom stereocenters. The fourth-order valence-corrected chi connectivity index (χ4v) is 3.29. The number of aromatic nitrogens is 1. The highest BCUT2D eigenvalue weighted by Crippen LogP contribution is 2.17. The van der Waals surface area contributed by atoms with Gasteiger partial charge in [0.15, 0.2) is 5.58 Å². The molecule has 0 bridgehead atoms. The lowest BCUT2D eigenvalue weighted by atomic mass is 10.0. The number of aromatic amines is 1. The van der Waals surface area contributed by atoms with Gasteiger partial charge in [0.25, 0.3) is 5.91 Å². The van der Waals surface area contributed by atoms with Crippen LogP contribution in [0.1, 0.15) is 37.0 Å². The second-order valence-corrected chi connectivity index (χ2v) is 6.36. The Balaban J connectivity index is 1.66. The maximum atomic E-state index is 12.7. The smallest absolute Gasteiger partial charge is 0.408 e. The standard InChI is InChI=1S/C18H23N3O4/c1-3-12(4-2)16(22)20-7-9-21(10-8-20)17(23)13-5-6-15-14(11-13)19-18(24)25-15/h5-6,11-12H,3-4,7-10H2,1-2H3,(H,19,24). The van der Waals surface area contributed by atoms with E-state index in [4.69, 9.17) is 4.42 Å². The number of amides is 2. The summed E-state index contributed by atoms with van der Waals surface area (Å²) < 4.78 is 4.95. The molecule has 0 radical (unpaired) electrons. The summed E-state index contributed by atoms with van der Waals surface area (Å²) in [6, 6.07) is 4.90. The number of hydrogen-bond donors (Lipinski definition) is 1. The molecule has 0 atom stereocenters. The van der Waals surface area contributed by atoms with Crippen molar-refractivity contribution in [2.24, 2.45) is 5.92 Å². The van der Waals surface area contributed by atoms with Crippen LogP contribution in [0.5, 0.6) is 0 Å². The number of fused-ring (bicyclic) bond motifs is 1. The van der Waals surface area contributed by atoms with Crippen molar-refractivity contribution in [1.82, 2.24) is 14.8 Å². The highest BCUT2D eigenvalue weighted by Gasteiger charge is 2.27. The molecular formula is C18H23N3O4. The van der Waals surface area contributed by atoms with E-state index in [-0.39, 0.29) is 17.7 Å². The molecule has 1 aromatic carbocycles. The van der Waals surface area contributed by atoms with E-state index in [0.29, 0.717) is 42.8 Å². The molecule has 2 amide bonds. The molecule has 1 aromatic heterocycles. The van der Waals surface area contributed by atoms with Gasteiger partial charge in [0.05, 0.1) is 5.52 Å². The molecule has 0 saturated carbocycles. The Labute approximate surface area is 145 Å². The number of oxazole rings is 1. The summed E-state index contributed by atoms with van der Waals surface area (Å²) in [4.78, 5) is 42.5. The van der Waals surface area contributed by atoms with Crippen molar-refractivity contribution in [2.75, 3.05) is 26.2 Å². The van der Waals surface area contributed by atoms with Gasteiger partial charge in [0.1, 0.15) is 0 Å². The monoisotopic (exact) mass is 345 g/mol. The van der Waals surface area contributed by atoms with Crippen LogP contribution in [0.2, 0.25) is 0 Å². The molecule has 0 spiro atoms. The van der Waals surface area contributed by atoms with Crippen LogP contribution in [-0.4, -0.2) is 52.8 Å².